The van der Waals surface area contributed by atoms with Crippen LogP contribution in [0.5, 0.6) is 17.2 Å². The van der Waals surface area contributed by atoms with E-state index in [-0.39, 0.29) is 13.1 Å². The molecular weight excluding hydrogens is 655 g/mol. The summed E-state index contributed by atoms with van der Waals surface area (Å²) >= 11 is -1.03. The summed E-state index contributed by atoms with van der Waals surface area (Å²) in [5.74, 6) is 0.895. The second-order valence-corrected chi connectivity index (χ2v) is 14.2. The molecule has 0 aliphatic heterocycles. The minimum absolute atomic E-state index is 0.133. The second kappa shape index (κ2) is 27.6. The molecule has 0 saturated carbocycles. The number of anilines is 1. The Morgan fingerprint density at radius 2 is 0.980 bits per heavy atom. The van der Waals surface area contributed by atoms with E-state index in [4.69, 9.17) is 23.7 Å². The number of rotatable bonds is 30. The molecule has 1 atom stereocenters. The van der Waals surface area contributed by atoms with E-state index in [0.717, 1.165) is 17.7 Å². The molecule has 0 aromatic heterocycles. The lowest BCUT2D eigenvalue weighted by Gasteiger charge is -2.23. The fourth-order valence-electron chi connectivity index (χ4n) is 5.59. The Kier molecular flexibility index (Phi) is 23.8. The summed E-state index contributed by atoms with van der Waals surface area (Å²) in [4.78, 5) is 26.7. The molecule has 0 bridgehead atoms. The van der Waals surface area contributed by atoms with E-state index in [1.54, 1.807) is 47.6 Å². The Bertz CT molecular complexity index is 1160. The fraction of sp³-hybridized carbons (Fsp3) is 0.650. The zero-order valence-corrected chi connectivity index (χ0v) is 32.0. The maximum Gasteiger partial charge on any atom is 0.325 e. The van der Waals surface area contributed by atoms with E-state index in [1.807, 2.05) is 6.07 Å². The monoisotopic (exact) mass is 717 g/mol. The first-order chi connectivity index (χ1) is 24.4. The molecule has 50 heavy (non-hydrogen) atoms. The molecule has 0 aliphatic carbocycles. The predicted molar refractivity (Wildman–Crippen MR) is 202 cm³/mol. The molecule has 1 unspecified atom stereocenters. The van der Waals surface area contributed by atoms with Gasteiger partial charge in [0.2, 0.25) is 0 Å². The third-order valence-corrected chi connectivity index (χ3v) is 9.51. The Balaban J connectivity index is 1.80. The van der Waals surface area contributed by atoms with Gasteiger partial charge in [-0.2, -0.15) is 0 Å². The van der Waals surface area contributed by atoms with E-state index in [1.165, 1.54) is 104 Å². The van der Waals surface area contributed by atoms with Gasteiger partial charge in [-0.1, -0.05) is 103 Å². The van der Waals surface area contributed by atoms with Crippen molar-refractivity contribution in [3.05, 3.63) is 42.5 Å². The van der Waals surface area contributed by atoms with Crippen LogP contribution in [0.15, 0.2) is 47.4 Å². The highest BCUT2D eigenvalue weighted by molar-refractivity contribution is 7.90. The van der Waals surface area contributed by atoms with Crippen molar-refractivity contribution in [3.8, 4) is 17.2 Å². The summed E-state index contributed by atoms with van der Waals surface area (Å²) < 4.78 is 39.4. The molecule has 0 N–H and O–H groups in total. The number of carbonyl (C=O) groups is 2. The number of methoxy groups -OCH3 is 2. The first kappa shape index (κ1) is 43.1. The van der Waals surface area contributed by atoms with Gasteiger partial charge in [0.05, 0.1) is 34.0 Å². The summed E-state index contributed by atoms with van der Waals surface area (Å²) in [6, 6.07) is 12.6. The number of esters is 2. The third kappa shape index (κ3) is 19.9. The van der Waals surface area contributed by atoms with Crippen LogP contribution in [-0.4, -0.2) is 69.9 Å². The summed E-state index contributed by atoms with van der Waals surface area (Å²) in [7, 11) is 2.62. The molecule has 0 radical (unpaired) electrons. The average molecular weight is 718 g/mol. The van der Waals surface area contributed by atoms with Crippen LogP contribution in [0.2, 0.25) is 0 Å². The number of hydrogen-bond donors (Lipinski definition) is 0. The van der Waals surface area contributed by atoms with Crippen LogP contribution < -0.4 is 19.1 Å². The molecular formula is C40H63NO8S. The SMILES string of the molecule is CCCCCCCCCCCCCCCCCCOc1cc(OCCCOc2ccc([S+](C)[O-])cc2)cc(N(CC(=O)OC)CC(=O)OC)c1. The highest BCUT2D eigenvalue weighted by Gasteiger charge is 2.18. The Hall–Kier alpha value is -3.11. The Morgan fingerprint density at radius 3 is 1.40 bits per heavy atom. The molecule has 0 fully saturated rings. The Morgan fingerprint density at radius 1 is 0.580 bits per heavy atom. The number of nitrogens with zero attached hydrogens (tertiary/aromatic N) is 1. The molecule has 0 heterocycles. The van der Waals surface area contributed by atoms with Gasteiger partial charge in [-0.3, -0.25) is 9.59 Å². The average Bonchev–Trinajstić information content (AvgIpc) is 3.12. The van der Waals surface area contributed by atoms with Crippen molar-refractivity contribution in [1.29, 1.82) is 0 Å². The van der Waals surface area contributed by atoms with Gasteiger partial charge >= 0.3 is 11.9 Å². The maximum atomic E-state index is 12.2. The van der Waals surface area contributed by atoms with E-state index in [9.17, 15) is 14.1 Å². The first-order valence-electron chi connectivity index (χ1n) is 18.7. The number of carbonyl (C=O) groups excluding carboxylic acids is 2. The number of ether oxygens (including phenoxy) is 5. The first-order valence-corrected chi connectivity index (χ1v) is 20.3. The molecule has 2 aromatic rings. The zero-order chi connectivity index (χ0) is 36.2. The normalized spacial score (nSPS) is 11.5. The molecule has 2 aromatic carbocycles. The summed E-state index contributed by atoms with van der Waals surface area (Å²) in [5.41, 5.74) is 0.588. The highest BCUT2D eigenvalue weighted by atomic mass is 32.2. The molecule has 282 valence electrons. The summed E-state index contributed by atoms with van der Waals surface area (Å²) in [6.07, 6.45) is 23.2. The lowest BCUT2D eigenvalue weighted by molar-refractivity contribution is -0.140. The maximum absolute atomic E-state index is 12.2. The molecule has 0 aliphatic rings. The molecule has 0 saturated heterocycles. The van der Waals surface area contributed by atoms with Crippen molar-refractivity contribution >= 4 is 28.8 Å². The van der Waals surface area contributed by atoms with Crippen LogP contribution in [0.3, 0.4) is 0 Å². The number of hydrogen-bond acceptors (Lipinski definition) is 9. The van der Waals surface area contributed by atoms with E-state index in [2.05, 4.69) is 6.92 Å². The minimum Gasteiger partial charge on any atom is -0.612 e. The topological polar surface area (TPSA) is 107 Å². The summed E-state index contributed by atoms with van der Waals surface area (Å²) in [6.45, 7) is 3.39. The van der Waals surface area contributed by atoms with E-state index >= 15 is 0 Å². The lowest BCUT2D eigenvalue weighted by Crippen LogP contribution is -2.35. The van der Waals surface area contributed by atoms with Crippen LogP contribution >= 0.6 is 0 Å². The largest absolute Gasteiger partial charge is 0.612 e. The molecule has 9 nitrogen and oxygen atoms in total. The molecule has 0 spiro atoms. The smallest absolute Gasteiger partial charge is 0.325 e. The fourth-order valence-corrected chi connectivity index (χ4v) is 6.11. The molecule has 0 amide bonds. The lowest BCUT2D eigenvalue weighted by atomic mass is 10.0. The van der Waals surface area contributed by atoms with Crippen LogP contribution in [-0.2, 0) is 30.2 Å². The van der Waals surface area contributed by atoms with Crippen LogP contribution in [0, 0.1) is 0 Å². The van der Waals surface area contributed by atoms with Crippen LogP contribution in [0.1, 0.15) is 116 Å². The van der Waals surface area contributed by atoms with Crippen LogP contribution in [0.25, 0.3) is 0 Å². The zero-order valence-electron chi connectivity index (χ0n) is 31.2. The number of unbranched alkanes of at least 4 members (excludes halogenated alkanes) is 15. The van der Waals surface area contributed by atoms with Crippen molar-refractivity contribution in [2.75, 3.05) is 58.3 Å². The Labute approximate surface area is 304 Å². The molecule has 10 heteroatoms. The van der Waals surface area contributed by atoms with Gasteiger partial charge in [0.1, 0.15) is 36.6 Å². The van der Waals surface area contributed by atoms with Gasteiger partial charge < -0.3 is 33.1 Å². The van der Waals surface area contributed by atoms with Crippen molar-refractivity contribution in [1.82, 2.24) is 0 Å². The second-order valence-electron chi connectivity index (χ2n) is 12.8. The molecule has 2 rings (SSSR count). The minimum atomic E-state index is -1.03. The van der Waals surface area contributed by atoms with Gasteiger partial charge in [0.15, 0.2) is 4.90 Å². The summed E-state index contributed by atoms with van der Waals surface area (Å²) in [5, 5.41) is 0. The quantitative estimate of drug-likeness (QED) is 0.0444. The van der Waals surface area contributed by atoms with Gasteiger partial charge in [0.25, 0.3) is 0 Å². The van der Waals surface area contributed by atoms with E-state index in [0.29, 0.717) is 49.2 Å². The van der Waals surface area contributed by atoms with Crippen molar-refractivity contribution < 1.29 is 37.8 Å². The van der Waals surface area contributed by atoms with Crippen molar-refractivity contribution in [2.45, 2.75) is 121 Å². The standard InChI is InChI=1S/C40H63NO8S/c1-5-6-7-8-9-10-11-12-13-14-15-16-17-18-19-20-26-48-36-29-34(41(32-39(42)45-2)33-40(43)46-3)30-37(31-36)49-28-21-27-47-35-22-24-38(25-23-35)50(4)44/h22-25,29-31H,5-21,26-28,32-33H2,1-4H3. The van der Waals surface area contributed by atoms with Gasteiger partial charge in [-0.05, 0) is 41.9 Å². The van der Waals surface area contributed by atoms with Gasteiger partial charge in [-0.15, -0.1) is 0 Å². The van der Waals surface area contributed by atoms with Crippen molar-refractivity contribution in [2.24, 2.45) is 0 Å². The van der Waals surface area contributed by atoms with Crippen LogP contribution in [0.4, 0.5) is 5.69 Å². The predicted octanol–water partition coefficient (Wildman–Crippen LogP) is 9.06. The van der Waals surface area contributed by atoms with Crippen molar-refractivity contribution in [3.63, 3.8) is 0 Å². The van der Waals surface area contributed by atoms with Gasteiger partial charge in [0, 0.05) is 30.3 Å². The third-order valence-electron chi connectivity index (χ3n) is 8.57. The van der Waals surface area contributed by atoms with E-state index < -0.39 is 23.1 Å². The highest BCUT2D eigenvalue weighted by Crippen LogP contribution is 2.30. The number of benzene rings is 2. The van der Waals surface area contributed by atoms with Gasteiger partial charge in [-0.25, -0.2) is 0 Å².